The van der Waals surface area contributed by atoms with Crippen LogP contribution in [-0.2, 0) is 12.2 Å². The summed E-state index contributed by atoms with van der Waals surface area (Å²) in [5, 5.41) is 12.6. The fourth-order valence-corrected chi connectivity index (χ4v) is 2.33. The molecule has 0 aliphatic carbocycles. The van der Waals surface area contributed by atoms with Gasteiger partial charge >= 0.3 is 5.97 Å². The van der Waals surface area contributed by atoms with Gasteiger partial charge in [0.2, 0.25) is 0 Å². The van der Waals surface area contributed by atoms with E-state index in [1.165, 1.54) is 23.9 Å². The Morgan fingerprint density at radius 3 is 2.95 bits per heavy atom. The second kappa shape index (κ2) is 6.38. The third kappa shape index (κ3) is 3.70. The van der Waals surface area contributed by atoms with Gasteiger partial charge in [0.25, 0.3) is 5.56 Å². The van der Waals surface area contributed by atoms with Crippen molar-refractivity contribution in [2.75, 3.05) is 0 Å². The summed E-state index contributed by atoms with van der Waals surface area (Å²) in [5.41, 5.74) is 0.402. The maximum atomic E-state index is 11.5. The molecule has 0 saturated heterocycles. The number of carboxylic acids is 1. The van der Waals surface area contributed by atoms with Crippen LogP contribution in [0.1, 0.15) is 35.3 Å². The first kappa shape index (κ1) is 14.3. The molecule has 0 aliphatic heterocycles. The van der Waals surface area contributed by atoms with Gasteiger partial charge in [0, 0.05) is 17.8 Å². The monoisotopic (exact) mass is 295 g/mol. The van der Waals surface area contributed by atoms with Gasteiger partial charge < -0.3 is 14.6 Å². The summed E-state index contributed by atoms with van der Waals surface area (Å²) in [6.07, 6.45) is 1.65. The number of carbonyl (C=O) groups is 1. The van der Waals surface area contributed by atoms with Gasteiger partial charge in [-0.25, -0.2) is 9.78 Å². The molecule has 0 radical (unpaired) electrons. The molecule has 2 N–H and O–H groups in total. The van der Waals surface area contributed by atoms with Crippen molar-refractivity contribution in [3.05, 3.63) is 39.6 Å². The van der Waals surface area contributed by atoms with Gasteiger partial charge in [0.05, 0.1) is 5.75 Å². The zero-order valence-electron chi connectivity index (χ0n) is 10.8. The van der Waals surface area contributed by atoms with E-state index < -0.39 is 5.97 Å². The summed E-state index contributed by atoms with van der Waals surface area (Å²) < 4.78 is 4.88. The van der Waals surface area contributed by atoms with Crippen LogP contribution in [0.4, 0.5) is 0 Å². The van der Waals surface area contributed by atoms with Crippen LogP contribution in [0.25, 0.3) is 0 Å². The van der Waals surface area contributed by atoms with E-state index >= 15 is 0 Å². The molecule has 2 aromatic heterocycles. The quantitative estimate of drug-likeness (QED) is 0.616. The molecule has 2 heterocycles. The SMILES string of the molecule is CCCc1cc(=O)[nH]c(SCc2cc(C(=O)O)no2)n1. The van der Waals surface area contributed by atoms with Gasteiger partial charge in [-0.3, -0.25) is 4.79 Å². The minimum atomic E-state index is -1.14. The molecule has 7 nitrogen and oxygen atoms in total. The number of carboxylic acid groups (broad SMARTS) is 1. The molecule has 8 heteroatoms. The highest BCUT2D eigenvalue weighted by atomic mass is 32.2. The van der Waals surface area contributed by atoms with Crippen molar-refractivity contribution in [2.45, 2.75) is 30.7 Å². The van der Waals surface area contributed by atoms with Gasteiger partial charge in [-0.2, -0.15) is 0 Å². The van der Waals surface area contributed by atoms with E-state index in [9.17, 15) is 9.59 Å². The van der Waals surface area contributed by atoms with Crippen LogP contribution in [0, 0.1) is 0 Å². The molecule has 2 aromatic rings. The molecule has 20 heavy (non-hydrogen) atoms. The summed E-state index contributed by atoms with van der Waals surface area (Å²) in [4.78, 5) is 29.1. The van der Waals surface area contributed by atoms with E-state index in [1.807, 2.05) is 6.92 Å². The molecule has 0 aliphatic rings. The lowest BCUT2D eigenvalue weighted by Crippen LogP contribution is -2.09. The molecule has 0 aromatic carbocycles. The fourth-order valence-electron chi connectivity index (χ4n) is 1.56. The summed E-state index contributed by atoms with van der Waals surface area (Å²) in [7, 11) is 0. The van der Waals surface area contributed by atoms with Gasteiger partial charge in [-0.05, 0) is 6.42 Å². The predicted molar refractivity (Wildman–Crippen MR) is 71.9 cm³/mol. The first-order chi connectivity index (χ1) is 9.58. The molecule has 106 valence electrons. The van der Waals surface area contributed by atoms with Gasteiger partial charge in [-0.15, -0.1) is 0 Å². The number of nitrogens with one attached hydrogen (secondary N) is 1. The molecule has 0 unspecified atom stereocenters. The number of hydrogen-bond acceptors (Lipinski definition) is 6. The van der Waals surface area contributed by atoms with Crippen molar-refractivity contribution >= 4 is 17.7 Å². The zero-order valence-corrected chi connectivity index (χ0v) is 11.6. The average Bonchev–Trinajstić information content (AvgIpc) is 2.85. The van der Waals surface area contributed by atoms with Crippen LogP contribution < -0.4 is 5.56 Å². The van der Waals surface area contributed by atoms with Crippen molar-refractivity contribution in [3.8, 4) is 0 Å². The fraction of sp³-hybridized carbons (Fsp3) is 0.333. The Labute approximate surface area is 118 Å². The molecule has 0 fully saturated rings. The van der Waals surface area contributed by atoms with E-state index in [-0.39, 0.29) is 11.3 Å². The van der Waals surface area contributed by atoms with Crippen molar-refractivity contribution in [1.29, 1.82) is 0 Å². The average molecular weight is 295 g/mol. The van der Waals surface area contributed by atoms with Crippen LogP contribution in [-0.4, -0.2) is 26.2 Å². The van der Waals surface area contributed by atoms with Crippen molar-refractivity contribution in [2.24, 2.45) is 0 Å². The normalized spacial score (nSPS) is 10.7. The van der Waals surface area contributed by atoms with E-state index in [4.69, 9.17) is 9.63 Å². The van der Waals surface area contributed by atoms with Crippen LogP contribution in [0.3, 0.4) is 0 Å². The van der Waals surface area contributed by atoms with E-state index in [2.05, 4.69) is 15.1 Å². The van der Waals surface area contributed by atoms with E-state index in [0.717, 1.165) is 18.5 Å². The first-order valence-corrected chi connectivity index (χ1v) is 6.99. The van der Waals surface area contributed by atoms with Crippen molar-refractivity contribution < 1.29 is 14.4 Å². The third-order valence-corrected chi connectivity index (χ3v) is 3.30. The molecule has 0 bridgehead atoms. The Bertz CT molecular complexity index is 665. The van der Waals surface area contributed by atoms with Crippen LogP contribution >= 0.6 is 11.8 Å². The standard InChI is InChI=1S/C12H13N3O4S/c1-2-3-7-4-10(16)14-12(13-7)20-6-8-5-9(11(17)18)15-19-8/h4-5H,2-3,6H2,1H3,(H,17,18)(H,13,14,16). The zero-order chi connectivity index (χ0) is 14.5. The second-order valence-electron chi connectivity index (χ2n) is 4.06. The summed E-state index contributed by atoms with van der Waals surface area (Å²) in [6.45, 7) is 2.01. The molecule has 0 amide bonds. The minimum Gasteiger partial charge on any atom is -0.476 e. The Hall–Kier alpha value is -2.09. The smallest absolute Gasteiger partial charge is 0.358 e. The number of H-pyrrole nitrogens is 1. The predicted octanol–water partition coefficient (Wildman–Crippen LogP) is 1.70. The van der Waals surface area contributed by atoms with Crippen LogP contribution in [0.2, 0.25) is 0 Å². The number of aryl methyl sites for hydroxylation is 1. The second-order valence-corrected chi connectivity index (χ2v) is 5.03. The van der Waals surface area contributed by atoms with Crippen molar-refractivity contribution in [1.82, 2.24) is 15.1 Å². The summed E-state index contributed by atoms with van der Waals surface area (Å²) in [6, 6.07) is 2.83. The number of aromatic carboxylic acids is 1. The molecule has 0 saturated carbocycles. The molecular formula is C12H13N3O4S. The van der Waals surface area contributed by atoms with E-state index in [0.29, 0.717) is 16.7 Å². The number of hydrogen-bond donors (Lipinski definition) is 2. The van der Waals surface area contributed by atoms with Gasteiger partial charge in [0.1, 0.15) is 5.76 Å². The molecule has 2 rings (SSSR count). The van der Waals surface area contributed by atoms with E-state index in [1.54, 1.807) is 0 Å². The van der Waals surface area contributed by atoms with Gasteiger partial charge in [-0.1, -0.05) is 30.3 Å². The molecule has 0 spiro atoms. The highest BCUT2D eigenvalue weighted by Gasteiger charge is 2.11. The number of thioether (sulfide) groups is 1. The highest BCUT2D eigenvalue weighted by molar-refractivity contribution is 7.98. The maximum Gasteiger partial charge on any atom is 0.358 e. The van der Waals surface area contributed by atoms with Gasteiger partial charge in [0.15, 0.2) is 10.9 Å². The third-order valence-electron chi connectivity index (χ3n) is 2.41. The molecule has 0 atom stereocenters. The number of nitrogens with zero attached hydrogens (tertiary/aromatic N) is 2. The number of rotatable bonds is 6. The largest absolute Gasteiger partial charge is 0.476 e. The first-order valence-electron chi connectivity index (χ1n) is 6.00. The Balaban J connectivity index is 2.06. The Kier molecular flexibility index (Phi) is 4.57. The van der Waals surface area contributed by atoms with Crippen LogP contribution in [0.15, 0.2) is 26.6 Å². The number of aromatic amines is 1. The lowest BCUT2D eigenvalue weighted by molar-refractivity contribution is 0.0685. The number of aromatic nitrogens is 3. The summed E-state index contributed by atoms with van der Waals surface area (Å²) >= 11 is 1.26. The lowest BCUT2D eigenvalue weighted by atomic mass is 10.2. The maximum absolute atomic E-state index is 11.5. The topological polar surface area (TPSA) is 109 Å². The van der Waals surface area contributed by atoms with Crippen LogP contribution in [0.5, 0.6) is 0 Å². The van der Waals surface area contributed by atoms with Crippen molar-refractivity contribution in [3.63, 3.8) is 0 Å². The summed E-state index contributed by atoms with van der Waals surface area (Å²) in [5.74, 6) is -0.379. The Morgan fingerprint density at radius 1 is 1.50 bits per heavy atom. The highest BCUT2D eigenvalue weighted by Crippen LogP contribution is 2.19. The Morgan fingerprint density at radius 2 is 2.30 bits per heavy atom. The lowest BCUT2D eigenvalue weighted by Gasteiger charge is -2.01. The molecular weight excluding hydrogens is 282 g/mol. The minimum absolute atomic E-state index is 0.137.